The predicted molar refractivity (Wildman–Crippen MR) is 124 cm³/mol. The largest absolute Gasteiger partial charge is 0.496 e. The van der Waals surface area contributed by atoms with Crippen LogP contribution in [0, 0.1) is 6.92 Å². The lowest BCUT2D eigenvalue weighted by atomic mass is 10.1. The number of methoxy groups -OCH3 is 1. The average Bonchev–Trinajstić information content (AvgIpc) is 2.90. The van der Waals surface area contributed by atoms with E-state index in [1.54, 1.807) is 54.5 Å². The molecule has 1 atom stereocenters. The molecule has 164 valence electrons. The Kier molecular flexibility index (Phi) is 6.10. The molecule has 0 saturated carbocycles. The number of hydrogen-bond acceptors (Lipinski definition) is 4. The lowest BCUT2D eigenvalue weighted by Crippen LogP contribution is -2.31. The third kappa shape index (κ3) is 3.80. The number of nitrogens with one attached hydrogen (secondary N) is 1. The summed E-state index contributed by atoms with van der Waals surface area (Å²) < 4.78 is 18.7. The van der Waals surface area contributed by atoms with Gasteiger partial charge in [0, 0.05) is 24.2 Å². The minimum Gasteiger partial charge on any atom is -0.496 e. The van der Waals surface area contributed by atoms with E-state index in [1.165, 1.54) is 0 Å². The van der Waals surface area contributed by atoms with Crippen LogP contribution in [-0.2, 0) is 17.3 Å². The second-order valence-electron chi connectivity index (χ2n) is 7.45. The van der Waals surface area contributed by atoms with E-state index in [1.807, 2.05) is 32.0 Å². The highest BCUT2D eigenvalue weighted by molar-refractivity contribution is 7.85. The average molecular weight is 449 g/mol. The van der Waals surface area contributed by atoms with Gasteiger partial charge in [-0.3, -0.25) is 9.59 Å². The fourth-order valence-corrected chi connectivity index (χ4v) is 5.29. The van der Waals surface area contributed by atoms with Crippen LogP contribution in [0.15, 0.2) is 70.5 Å². The fraction of sp³-hybridized carbons (Fsp3) is 0.200. The Morgan fingerprint density at radius 2 is 1.84 bits per heavy atom. The summed E-state index contributed by atoms with van der Waals surface area (Å²) in [4.78, 5) is 28.6. The first-order valence-corrected chi connectivity index (χ1v) is 11.5. The molecule has 1 unspecified atom stereocenters. The van der Waals surface area contributed by atoms with Crippen LogP contribution in [-0.4, -0.2) is 29.7 Å². The van der Waals surface area contributed by atoms with Gasteiger partial charge in [-0.15, -0.1) is 0 Å². The standard InChI is InChI=1S/C25H24N2O4S/c1-4-27-20-14-17(24(28)26-15-18-9-7-8-16(2)23(18)31-3)12-13-22(20)32(30)21-11-6-5-10-19(21)25(27)29/h5-14H,4,15H2,1-3H3,(H,26,28). The summed E-state index contributed by atoms with van der Waals surface area (Å²) in [5.74, 6) is 0.232. The van der Waals surface area contributed by atoms with E-state index in [-0.39, 0.29) is 11.8 Å². The molecule has 0 fully saturated rings. The van der Waals surface area contributed by atoms with Crippen LogP contribution < -0.4 is 15.0 Å². The normalized spacial score (nSPS) is 14.9. The number of hydrogen-bond donors (Lipinski definition) is 1. The molecule has 32 heavy (non-hydrogen) atoms. The summed E-state index contributed by atoms with van der Waals surface area (Å²) in [5, 5.41) is 2.91. The molecule has 6 nitrogen and oxygen atoms in total. The first-order chi connectivity index (χ1) is 15.5. The molecule has 1 heterocycles. The van der Waals surface area contributed by atoms with Crippen molar-refractivity contribution in [2.75, 3.05) is 18.6 Å². The molecule has 0 bridgehead atoms. The van der Waals surface area contributed by atoms with Crippen molar-refractivity contribution < 1.29 is 18.5 Å². The van der Waals surface area contributed by atoms with E-state index >= 15 is 0 Å². The Hall–Kier alpha value is -3.45. The van der Waals surface area contributed by atoms with Gasteiger partial charge in [0.15, 0.2) is 0 Å². The summed E-state index contributed by atoms with van der Waals surface area (Å²) in [6.45, 7) is 4.50. The first-order valence-electron chi connectivity index (χ1n) is 10.3. The van der Waals surface area contributed by atoms with E-state index in [0.717, 1.165) is 16.9 Å². The number of carbonyl (C=O) groups excluding carboxylic acids is 2. The third-order valence-corrected chi connectivity index (χ3v) is 7.03. The first kappa shape index (κ1) is 21.8. The lowest BCUT2D eigenvalue weighted by molar-refractivity contribution is 0.0947. The highest BCUT2D eigenvalue weighted by atomic mass is 32.2. The number of para-hydroxylation sites is 1. The van der Waals surface area contributed by atoms with Crippen LogP contribution in [0.4, 0.5) is 5.69 Å². The van der Waals surface area contributed by atoms with Crippen molar-refractivity contribution >= 4 is 28.3 Å². The van der Waals surface area contributed by atoms with Gasteiger partial charge < -0.3 is 15.0 Å². The predicted octanol–water partition coefficient (Wildman–Crippen LogP) is 4.08. The smallest absolute Gasteiger partial charge is 0.259 e. The number of carbonyl (C=O) groups is 2. The van der Waals surface area contributed by atoms with Crippen LogP contribution in [0.1, 0.15) is 38.8 Å². The summed E-state index contributed by atoms with van der Waals surface area (Å²) >= 11 is 0. The molecule has 1 aliphatic rings. The summed E-state index contributed by atoms with van der Waals surface area (Å²) in [6, 6.07) is 17.7. The maximum absolute atomic E-state index is 13.2. The SMILES string of the molecule is CCN1C(=O)c2ccccc2S(=O)c2ccc(C(=O)NCc3cccc(C)c3OC)cc21. The van der Waals surface area contributed by atoms with Gasteiger partial charge in [-0.25, -0.2) is 4.21 Å². The van der Waals surface area contributed by atoms with Gasteiger partial charge in [-0.05, 0) is 49.7 Å². The van der Waals surface area contributed by atoms with Gasteiger partial charge in [-0.1, -0.05) is 30.3 Å². The zero-order valence-electron chi connectivity index (χ0n) is 18.2. The van der Waals surface area contributed by atoms with Gasteiger partial charge in [0.05, 0.1) is 39.0 Å². The molecule has 2 amide bonds. The van der Waals surface area contributed by atoms with Crippen molar-refractivity contribution in [1.82, 2.24) is 5.32 Å². The molecule has 3 aromatic carbocycles. The van der Waals surface area contributed by atoms with E-state index in [2.05, 4.69) is 5.32 Å². The molecular formula is C25H24N2O4S. The number of amides is 2. The Morgan fingerprint density at radius 3 is 2.59 bits per heavy atom. The van der Waals surface area contributed by atoms with Crippen LogP contribution in [0.25, 0.3) is 0 Å². The number of rotatable bonds is 5. The van der Waals surface area contributed by atoms with Crippen molar-refractivity contribution in [3.63, 3.8) is 0 Å². The maximum Gasteiger partial charge on any atom is 0.259 e. The van der Waals surface area contributed by atoms with Gasteiger partial charge in [0.1, 0.15) is 5.75 Å². The number of ether oxygens (including phenoxy) is 1. The zero-order chi connectivity index (χ0) is 22.8. The van der Waals surface area contributed by atoms with Crippen molar-refractivity contribution in [2.45, 2.75) is 30.2 Å². The van der Waals surface area contributed by atoms with E-state index in [4.69, 9.17) is 4.74 Å². The molecule has 0 aromatic heterocycles. The fourth-order valence-electron chi connectivity index (χ4n) is 3.94. The van der Waals surface area contributed by atoms with E-state index in [9.17, 15) is 13.8 Å². The highest BCUT2D eigenvalue weighted by Gasteiger charge is 2.30. The van der Waals surface area contributed by atoms with Gasteiger partial charge >= 0.3 is 0 Å². The van der Waals surface area contributed by atoms with Gasteiger partial charge in [0.2, 0.25) is 0 Å². The summed E-state index contributed by atoms with van der Waals surface area (Å²) in [7, 11) is 0.0826. The minimum atomic E-state index is -1.52. The maximum atomic E-state index is 13.2. The monoisotopic (exact) mass is 448 g/mol. The Bertz CT molecular complexity index is 1240. The lowest BCUT2D eigenvalue weighted by Gasteiger charge is -2.21. The molecule has 0 saturated heterocycles. The quantitative estimate of drug-likeness (QED) is 0.638. The Balaban J connectivity index is 1.66. The van der Waals surface area contributed by atoms with Crippen LogP contribution >= 0.6 is 0 Å². The number of fused-ring (bicyclic) bond motifs is 2. The number of benzene rings is 3. The van der Waals surface area contributed by atoms with E-state index in [0.29, 0.717) is 39.7 Å². The third-order valence-electron chi connectivity index (χ3n) is 5.53. The van der Waals surface area contributed by atoms with Crippen molar-refractivity contribution in [2.24, 2.45) is 0 Å². The van der Waals surface area contributed by atoms with Crippen molar-refractivity contribution in [3.05, 3.63) is 82.9 Å². The highest BCUT2D eigenvalue weighted by Crippen LogP contribution is 2.35. The number of aryl methyl sites for hydroxylation is 1. The van der Waals surface area contributed by atoms with Crippen LogP contribution in [0.2, 0.25) is 0 Å². The molecular weight excluding hydrogens is 424 g/mol. The number of anilines is 1. The van der Waals surface area contributed by atoms with Crippen molar-refractivity contribution in [3.8, 4) is 5.75 Å². The second kappa shape index (κ2) is 8.96. The Morgan fingerprint density at radius 1 is 1.06 bits per heavy atom. The Labute approximate surface area is 189 Å². The molecule has 1 aliphatic heterocycles. The van der Waals surface area contributed by atoms with Gasteiger partial charge in [-0.2, -0.15) is 0 Å². The minimum absolute atomic E-state index is 0.225. The van der Waals surface area contributed by atoms with Crippen LogP contribution in [0.5, 0.6) is 5.75 Å². The zero-order valence-corrected chi connectivity index (χ0v) is 19.0. The second-order valence-corrected chi connectivity index (χ2v) is 8.86. The topological polar surface area (TPSA) is 75.7 Å². The molecule has 4 rings (SSSR count). The van der Waals surface area contributed by atoms with Crippen LogP contribution in [0.3, 0.4) is 0 Å². The summed E-state index contributed by atoms with van der Waals surface area (Å²) in [5.41, 5.74) is 3.17. The number of nitrogens with zero attached hydrogens (tertiary/aromatic N) is 1. The van der Waals surface area contributed by atoms with Crippen molar-refractivity contribution in [1.29, 1.82) is 0 Å². The van der Waals surface area contributed by atoms with Gasteiger partial charge in [0.25, 0.3) is 11.8 Å². The molecule has 0 aliphatic carbocycles. The molecule has 1 N–H and O–H groups in total. The molecule has 0 radical (unpaired) electrons. The summed E-state index contributed by atoms with van der Waals surface area (Å²) in [6.07, 6.45) is 0. The molecule has 7 heteroatoms. The molecule has 0 spiro atoms. The van der Waals surface area contributed by atoms with E-state index < -0.39 is 10.8 Å². The molecule has 3 aromatic rings.